The highest BCUT2D eigenvalue weighted by molar-refractivity contribution is 5.77. The normalized spacial score (nSPS) is 9.85. The van der Waals surface area contributed by atoms with E-state index in [1.807, 2.05) is 30.3 Å². The SMILES string of the molecule is C=CCN(CCC(=O)OC)C(=O)CCc1ccccc1. The Balaban J connectivity index is 2.46. The van der Waals surface area contributed by atoms with Crippen molar-refractivity contribution in [3.05, 3.63) is 48.6 Å². The largest absolute Gasteiger partial charge is 0.469 e. The Hall–Kier alpha value is -2.10. The minimum absolute atomic E-state index is 0.0256. The van der Waals surface area contributed by atoms with Crippen molar-refractivity contribution in [1.29, 1.82) is 0 Å². The van der Waals surface area contributed by atoms with Crippen molar-refractivity contribution in [2.24, 2.45) is 0 Å². The summed E-state index contributed by atoms with van der Waals surface area (Å²) in [6, 6.07) is 9.86. The van der Waals surface area contributed by atoms with Crippen molar-refractivity contribution in [1.82, 2.24) is 4.90 Å². The molecule has 0 aliphatic carbocycles. The van der Waals surface area contributed by atoms with E-state index in [1.54, 1.807) is 11.0 Å². The molecule has 4 heteroatoms. The van der Waals surface area contributed by atoms with Gasteiger partial charge in [0.15, 0.2) is 0 Å². The van der Waals surface area contributed by atoms with Gasteiger partial charge in [0, 0.05) is 19.5 Å². The molecule has 0 aliphatic heterocycles. The minimum atomic E-state index is -0.310. The van der Waals surface area contributed by atoms with Crippen LogP contribution in [0.3, 0.4) is 0 Å². The molecule has 1 rings (SSSR count). The van der Waals surface area contributed by atoms with Crippen molar-refractivity contribution < 1.29 is 14.3 Å². The first-order valence-corrected chi connectivity index (χ1v) is 6.66. The second-order valence-corrected chi connectivity index (χ2v) is 4.44. The van der Waals surface area contributed by atoms with Gasteiger partial charge >= 0.3 is 5.97 Å². The van der Waals surface area contributed by atoms with Crippen LogP contribution < -0.4 is 0 Å². The van der Waals surface area contributed by atoms with E-state index < -0.39 is 0 Å². The molecule has 0 heterocycles. The lowest BCUT2D eigenvalue weighted by Gasteiger charge is -2.20. The van der Waals surface area contributed by atoms with Crippen LogP contribution in [0.15, 0.2) is 43.0 Å². The highest BCUT2D eigenvalue weighted by atomic mass is 16.5. The Labute approximate surface area is 120 Å². The molecule has 1 amide bonds. The van der Waals surface area contributed by atoms with Gasteiger partial charge in [-0.1, -0.05) is 36.4 Å². The smallest absolute Gasteiger partial charge is 0.307 e. The molecule has 1 aromatic carbocycles. The molecule has 0 bridgehead atoms. The van der Waals surface area contributed by atoms with Crippen LogP contribution in [0.2, 0.25) is 0 Å². The maximum Gasteiger partial charge on any atom is 0.307 e. The molecule has 0 atom stereocenters. The van der Waals surface area contributed by atoms with Crippen LogP contribution in [0.5, 0.6) is 0 Å². The molecule has 0 saturated carbocycles. The highest BCUT2D eigenvalue weighted by Crippen LogP contribution is 2.05. The molecular weight excluding hydrogens is 254 g/mol. The van der Waals surface area contributed by atoms with E-state index in [0.717, 1.165) is 5.56 Å². The second kappa shape index (κ2) is 8.91. The van der Waals surface area contributed by atoms with Gasteiger partial charge in [-0.3, -0.25) is 9.59 Å². The van der Waals surface area contributed by atoms with E-state index in [-0.39, 0.29) is 18.3 Å². The molecule has 0 spiro atoms. The van der Waals surface area contributed by atoms with E-state index in [4.69, 9.17) is 0 Å². The minimum Gasteiger partial charge on any atom is -0.469 e. The zero-order valence-electron chi connectivity index (χ0n) is 11.9. The van der Waals surface area contributed by atoms with Gasteiger partial charge in [-0.15, -0.1) is 6.58 Å². The second-order valence-electron chi connectivity index (χ2n) is 4.44. The first-order chi connectivity index (χ1) is 9.67. The van der Waals surface area contributed by atoms with Crippen molar-refractivity contribution >= 4 is 11.9 Å². The number of ether oxygens (including phenoxy) is 1. The summed E-state index contributed by atoms with van der Waals surface area (Å²) in [5, 5.41) is 0. The van der Waals surface area contributed by atoms with Crippen LogP contribution in [0.25, 0.3) is 0 Å². The van der Waals surface area contributed by atoms with Gasteiger partial charge in [-0.25, -0.2) is 0 Å². The van der Waals surface area contributed by atoms with E-state index in [9.17, 15) is 9.59 Å². The fourth-order valence-electron chi connectivity index (χ4n) is 1.86. The molecule has 0 N–H and O–H groups in total. The van der Waals surface area contributed by atoms with Crippen LogP contribution in [-0.2, 0) is 20.7 Å². The quantitative estimate of drug-likeness (QED) is 0.540. The summed E-state index contributed by atoms with van der Waals surface area (Å²) in [7, 11) is 1.34. The van der Waals surface area contributed by atoms with E-state index in [1.165, 1.54) is 7.11 Å². The van der Waals surface area contributed by atoms with Gasteiger partial charge in [0.25, 0.3) is 0 Å². The number of rotatable bonds is 8. The number of aryl methyl sites for hydroxylation is 1. The van der Waals surface area contributed by atoms with Crippen LogP contribution >= 0.6 is 0 Å². The number of amides is 1. The number of esters is 1. The lowest BCUT2D eigenvalue weighted by molar-refractivity contribution is -0.141. The van der Waals surface area contributed by atoms with Gasteiger partial charge in [0.1, 0.15) is 0 Å². The maximum atomic E-state index is 12.1. The molecule has 0 unspecified atom stereocenters. The van der Waals surface area contributed by atoms with E-state index in [0.29, 0.717) is 25.9 Å². The Morgan fingerprint density at radius 2 is 1.95 bits per heavy atom. The fraction of sp³-hybridized carbons (Fsp3) is 0.375. The molecular formula is C16H21NO3. The average molecular weight is 275 g/mol. The molecule has 0 fully saturated rings. The summed E-state index contributed by atoms with van der Waals surface area (Å²) >= 11 is 0. The summed E-state index contributed by atoms with van der Waals surface area (Å²) in [6.07, 6.45) is 3.00. The van der Waals surface area contributed by atoms with Crippen molar-refractivity contribution in [3.8, 4) is 0 Å². The average Bonchev–Trinajstić information content (AvgIpc) is 2.49. The molecule has 0 radical (unpaired) electrons. The van der Waals surface area contributed by atoms with Crippen molar-refractivity contribution in [3.63, 3.8) is 0 Å². The van der Waals surface area contributed by atoms with Gasteiger partial charge in [0.05, 0.1) is 13.5 Å². The summed E-state index contributed by atoms with van der Waals surface area (Å²) in [5.74, 6) is -0.285. The lowest BCUT2D eigenvalue weighted by Crippen LogP contribution is -2.33. The van der Waals surface area contributed by atoms with Crippen LogP contribution in [0.1, 0.15) is 18.4 Å². The van der Waals surface area contributed by atoms with Crippen molar-refractivity contribution in [2.45, 2.75) is 19.3 Å². The first kappa shape index (κ1) is 16.0. The lowest BCUT2D eigenvalue weighted by atomic mass is 10.1. The number of nitrogens with zero attached hydrogens (tertiary/aromatic N) is 1. The van der Waals surface area contributed by atoms with Crippen molar-refractivity contribution in [2.75, 3.05) is 20.2 Å². The molecule has 0 aliphatic rings. The molecule has 4 nitrogen and oxygen atoms in total. The molecule has 20 heavy (non-hydrogen) atoms. The number of hydrogen-bond acceptors (Lipinski definition) is 3. The van der Waals surface area contributed by atoms with E-state index >= 15 is 0 Å². The maximum absolute atomic E-state index is 12.1. The van der Waals surface area contributed by atoms with Gasteiger partial charge < -0.3 is 9.64 Å². The summed E-state index contributed by atoms with van der Waals surface area (Å²) in [5.41, 5.74) is 1.13. The van der Waals surface area contributed by atoms with Crippen LogP contribution in [-0.4, -0.2) is 37.0 Å². The number of benzene rings is 1. The third-order valence-corrected chi connectivity index (χ3v) is 2.99. The molecule has 108 valence electrons. The number of methoxy groups -OCH3 is 1. The monoisotopic (exact) mass is 275 g/mol. The van der Waals surface area contributed by atoms with Crippen LogP contribution in [0.4, 0.5) is 0 Å². The summed E-state index contributed by atoms with van der Waals surface area (Å²) in [6.45, 7) is 4.45. The number of hydrogen-bond donors (Lipinski definition) is 0. The first-order valence-electron chi connectivity index (χ1n) is 6.66. The van der Waals surface area contributed by atoms with Gasteiger partial charge in [0.2, 0.25) is 5.91 Å². The Kier molecular flexibility index (Phi) is 7.11. The number of carbonyl (C=O) groups excluding carboxylic acids is 2. The zero-order valence-corrected chi connectivity index (χ0v) is 11.9. The standard InChI is InChI=1S/C16H21NO3/c1-3-12-17(13-11-16(19)20-2)15(18)10-9-14-7-5-4-6-8-14/h3-8H,1,9-13H2,2H3. The third-order valence-electron chi connectivity index (χ3n) is 2.99. The highest BCUT2D eigenvalue weighted by Gasteiger charge is 2.13. The topological polar surface area (TPSA) is 46.6 Å². The van der Waals surface area contributed by atoms with Gasteiger partial charge in [-0.2, -0.15) is 0 Å². The predicted molar refractivity (Wildman–Crippen MR) is 78.2 cm³/mol. The van der Waals surface area contributed by atoms with Crippen LogP contribution in [0, 0.1) is 0 Å². The fourth-order valence-corrected chi connectivity index (χ4v) is 1.86. The Morgan fingerprint density at radius 3 is 2.55 bits per heavy atom. The molecule has 1 aromatic rings. The Bertz CT molecular complexity index is 442. The third kappa shape index (κ3) is 5.69. The van der Waals surface area contributed by atoms with E-state index in [2.05, 4.69) is 11.3 Å². The molecule has 0 saturated heterocycles. The van der Waals surface area contributed by atoms with Gasteiger partial charge in [-0.05, 0) is 12.0 Å². The summed E-state index contributed by atoms with van der Waals surface area (Å²) < 4.78 is 4.59. The Morgan fingerprint density at radius 1 is 1.25 bits per heavy atom. The summed E-state index contributed by atoms with van der Waals surface area (Å²) in [4.78, 5) is 24.9. The predicted octanol–water partition coefficient (Wildman–Crippen LogP) is 2.20. The zero-order chi connectivity index (χ0) is 14.8. The molecule has 0 aromatic heterocycles. The number of carbonyl (C=O) groups is 2.